The Morgan fingerprint density at radius 3 is 2.88 bits per heavy atom. The number of pyridine rings is 1. The molecule has 0 spiro atoms. The van der Waals surface area contributed by atoms with E-state index in [1.54, 1.807) is 12.3 Å². The number of ether oxygens (including phenoxy) is 1. The van der Waals surface area contributed by atoms with Crippen molar-refractivity contribution in [3.63, 3.8) is 0 Å². The van der Waals surface area contributed by atoms with Crippen LogP contribution in [0.1, 0.15) is 19.8 Å². The Hall–Kier alpha value is -2.22. The number of hydrogen-bond acceptors (Lipinski definition) is 3. The molecule has 8 heteroatoms. The van der Waals surface area contributed by atoms with Gasteiger partial charge in [0.05, 0.1) is 17.8 Å². The number of amides is 1. The zero-order valence-corrected chi connectivity index (χ0v) is 15.3. The van der Waals surface area contributed by atoms with E-state index in [1.165, 1.54) is 7.05 Å². The van der Waals surface area contributed by atoms with Gasteiger partial charge in [-0.3, -0.25) is 4.90 Å². The average molecular weight is 412 g/mol. The Morgan fingerprint density at radius 1 is 1.40 bits per heavy atom. The number of halogens is 3. The van der Waals surface area contributed by atoms with E-state index in [0.29, 0.717) is 15.5 Å². The standard InChI is InChI=1S/C17H16BrF2N3O2/c1-3-4-5-25-17(24)23(2)12-7-11(19)14(20)13-10-6-9(18)8-21-16(10)22-15(12)13/h6-8H,3-5H2,1-2H3,(H,21,22). The summed E-state index contributed by atoms with van der Waals surface area (Å²) in [6, 6.07) is 2.62. The smallest absolute Gasteiger partial charge is 0.414 e. The van der Waals surface area contributed by atoms with Gasteiger partial charge in [0.2, 0.25) is 0 Å². The SMILES string of the molecule is CCCCOC(=O)N(C)c1cc(F)c(F)c2c1[nH]c1ncc(Br)cc12. The summed E-state index contributed by atoms with van der Waals surface area (Å²) in [6.45, 7) is 2.25. The predicted molar refractivity (Wildman–Crippen MR) is 95.9 cm³/mol. The van der Waals surface area contributed by atoms with Crippen LogP contribution in [0.2, 0.25) is 0 Å². The summed E-state index contributed by atoms with van der Waals surface area (Å²) in [5.41, 5.74) is 0.871. The Morgan fingerprint density at radius 2 is 2.16 bits per heavy atom. The molecule has 25 heavy (non-hydrogen) atoms. The second-order valence-corrected chi connectivity index (χ2v) is 6.56. The summed E-state index contributed by atoms with van der Waals surface area (Å²) in [6.07, 6.45) is 2.54. The number of hydrogen-bond donors (Lipinski definition) is 1. The van der Waals surface area contributed by atoms with E-state index in [9.17, 15) is 13.6 Å². The number of anilines is 1. The number of benzene rings is 1. The molecule has 0 aliphatic heterocycles. The van der Waals surface area contributed by atoms with Gasteiger partial charge in [-0.15, -0.1) is 0 Å². The topological polar surface area (TPSA) is 58.2 Å². The number of aromatic amines is 1. The minimum absolute atomic E-state index is 0.0482. The van der Waals surface area contributed by atoms with Gasteiger partial charge in [-0.2, -0.15) is 0 Å². The molecule has 0 bridgehead atoms. The van der Waals surface area contributed by atoms with Gasteiger partial charge in [-0.1, -0.05) is 13.3 Å². The predicted octanol–water partition coefficient (Wildman–Crippen LogP) is 5.13. The Kier molecular flexibility index (Phi) is 4.89. The summed E-state index contributed by atoms with van der Waals surface area (Å²) in [4.78, 5) is 20.5. The number of carbonyl (C=O) groups is 1. The van der Waals surface area contributed by atoms with Gasteiger partial charge in [0.15, 0.2) is 11.6 Å². The molecular formula is C17H16BrF2N3O2. The van der Waals surface area contributed by atoms with Gasteiger partial charge in [0.1, 0.15) is 5.65 Å². The van der Waals surface area contributed by atoms with Crippen LogP contribution in [0.25, 0.3) is 21.9 Å². The van der Waals surface area contributed by atoms with Crippen molar-refractivity contribution in [2.24, 2.45) is 0 Å². The van der Waals surface area contributed by atoms with Crippen LogP contribution in [0, 0.1) is 11.6 Å². The third-order valence-corrected chi connectivity index (χ3v) is 4.36. The molecule has 5 nitrogen and oxygen atoms in total. The molecule has 0 fully saturated rings. The lowest BCUT2D eigenvalue weighted by Crippen LogP contribution is -2.27. The van der Waals surface area contributed by atoms with E-state index in [2.05, 4.69) is 25.9 Å². The van der Waals surface area contributed by atoms with E-state index >= 15 is 0 Å². The Balaban J connectivity index is 2.14. The summed E-state index contributed by atoms with van der Waals surface area (Å²) >= 11 is 3.27. The van der Waals surface area contributed by atoms with E-state index in [0.717, 1.165) is 23.8 Å². The lowest BCUT2D eigenvalue weighted by Gasteiger charge is -2.18. The number of fused-ring (bicyclic) bond motifs is 3. The maximum atomic E-state index is 14.4. The van der Waals surface area contributed by atoms with E-state index in [-0.39, 0.29) is 23.2 Å². The van der Waals surface area contributed by atoms with Crippen molar-refractivity contribution >= 4 is 49.6 Å². The molecular weight excluding hydrogens is 396 g/mol. The number of nitrogens with one attached hydrogen (secondary N) is 1. The van der Waals surface area contributed by atoms with Crippen molar-refractivity contribution in [2.75, 3.05) is 18.6 Å². The Labute approximate surface area is 151 Å². The van der Waals surface area contributed by atoms with Gasteiger partial charge in [0, 0.05) is 34.6 Å². The molecule has 1 N–H and O–H groups in total. The van der Waals surface area contributed by atoms with Gasteiger partial charge >= 0.3 is 6.09 Å². The highest BCUT2D eigenvalue weighted by Gasteiger charge is 2.23. The molecule has 0 aliphatic rings. The highest BCUT2D eigenvalue weighted by atomic mass is 79.9. The van der Waals surface area contributed by atoms with Crippen molar-refractivity contribution in [3.8, 4) is 0 Å². The van der Waals surface area contributed by atoms with Crippen LogP contribution >= 0.6 is 15.9 Å². The number of rotatable bonds is 4. The number of unbranched alkanes of at least 4 members (excludes halogenated alkanes) is 1. The first-order valence-corrected chi connectivity index (χ1v) is 8.58. The van der Waals surface area contributed by atoms with Gasteiger partial charge in [-0.05, 0) is 28.4 Å². The van der Waals surface area contributed by atoms with E-state index < -0.39 is 17.7 Å². The molecule has 0 radical (unpaired) electrons. The third kappa shape index (κ3) is 3.18. The van der Waals surface area contributed by atoms with E-state index in [1.807, 2.05) is 6.92 Å². The van der Waals surface area contributed by atoms with Crippen LogP contribution in [0.5, 0.6) is 0 Å². The minimum Gasteiger partial charge on any atom is -0.449 e. The first kappa shape index (κ1) is 17.6. The van der Waals surface area contributed by atoms with Crippen LogP contribution in [0.15, 0.2) is 22.8 Å². The summed E-state index contributed by atoms with van der Waals surface area (Å²) in [5, 5.41) is 0.474. The molecule has 132 valence electrons. The third-order valence-electron chi connectivity index (χ3n) is 3.92. The van der Waals surface area contributed by atoms with Gasteiger partial charge in [0.25, 0.3) is 0 Å². The van der Waals surface area contributed by atoms with E-state index in [4.69, 9.17) is 4.74 Å². The zero-order valence-electron chi connectivity index (χ0n) is 13.7. The summed E-state index contributed by atoms with van der Waals surface area (Å²) < 4.78 is 34.3. The van der Waals surface area contributed by atoms with Crippen molar-refractivity contribution in [3.05, 3.63) is 34.4 Å². The molecule has 2 heterocycles. The second-order valence-electron chi connectivity index (χ2n) is 5.64. The molecule has 1 aromatic carbocycles. The van der Waals surface area contributed by atoms with Crippen molar-refractivity contribution in [1.82, 2.24) is 9.97 Å². The number of carbonyl (C=O) groups excluding carboxylic acids is 1. The van der Waals surface area contributed by atoms with Crippen LogP contribution in [-0.4, -0.2) is 29.7 Å². The van der Waals surface area contributed by atoms with Crippen molar-refractivity contribution < 1.29 is 18.3 Å². The lowest BCUT2D eigenvalue weighted by atomic mass is 10.1. The lowest BCUT2D eigenvalue weighted by molar-refractivity contribution is 0.153. The number of nitrogens with zero attached hydrogens (tertiary/aromatic N) is 2. The second kappa shape index (κ2) is 6.95. The highest BCUT2D eigenvalue weighted by molar-refractivity contribution is 9.10. The number of H-pyrrole nitrogens is 1. The first-order chi connectivity index (χ1) is 11.9. The highest BCUT2D eigenvalue weighted by Crippen LogP contribution is 2.36. The first-order valence-electron chi connectivity index (χ1n) is 7.79. The molecule has 0 saturated carbocycles. The molecule has 0 atom stereocenters. The van der Waals surface area contributed by atoms with Crippen molar-refractivity contribution in [1.29, 1.82) is 0 Å². The van der Waals surface area contributed by atoms with Crippen LogP contribution in [0.4, 0.5) is 19.3 Å². The summed E-state index contributed by atoms with van der Waals surface area (Å²) in [7, 11) is 1.45. The molecule has 2 aromatic heterocycles. The minimum atomic E-state index is -1.04. The fraction of sp³-hybridized carbons (Fsp3) is 0.294. The maximum absolute atomic E-state index is 14.4. The Bertz CT molecular complexity index is 958. The molecule has 0 aliphatic carbocycles. The quantitative estimate of drug-likeness (QED) is 0.605. The zero-order chi connectivity index (χ0) is 18.1. The molecule has 0 saturated heterocycles. The molecule has 3 rings (SSSR count). The fourth-order valence-corrected chi connectivity index (χ4v) is 2.93. The largest absolute Gasteiger partial charge is 0.449 e. The average Bonchev–Trinajstić information content (AvgIpc) is 2.96. The number of aromatic nitrogens is 2. The van der Waals surface area contributed by atoms with Gasteiger partial charge < -0.3 is 9.72 Å². The monoisotopic (exact) mass is 411 g/mol. The maximum Gasteiger partial charge on any atom is 0.414 e. The van der Waals surface area contributed by atoms with Crippen molar-refractivity contribution in [2.45, 2.75) is 19.8 Å². The van der Waals surface area contributed by atoms with Crippen LogP contribution in [0.3, 0.4) is 0 Å². The normalized spacial score (nSPS) is 11.2. The fourth-order valence-electron chi connectivity index (χ4n) is 2.60. The van der Waals surface area contributed by atoms with Gasteiger partial charge in [-0.25, -0.2) is 18.6 Å². The molecule has 0 unspecified atom stereocenters. The van der Waals surface area contributed by atoms with Crippen LogP contribution in [-0.2, 0) is 4.74 Å². The molecule has 1 amide bonds. The summed E-state index contributed by atoms with van der Waals surface area (Å²) in [5.74, 6) is -2.03. The molecule has 3 aromatic rings. The van der Waals surface area contributed by atoms with Crippen LogP contribution < -0.4 is 4.90 Å².